The Morgan fingerprint density at radius 3 is 3.13 bits per heavy atom. The lowest BCUT2D eigenvalue weighted by Gasteiger charge is -1.90. The van der Waals surface area contributed by atoms with Gasteiger partial charge in [-0.3, -0.25) is 0 Å². The highest BCUT2D eigenvalue weighted by Crippen LogP contribution is 2.01. The summed E-state index contributed by atoms with van der Waals surface area (Å²) in [6.45, 7) is 1.88. The Morgan fingerprint density at radius 1 is 1.47 bits per heavy atom. The standard InChI is InChI=1S/C12H15N3/c1-2-9-14-12(13)15-10-11-7-5-3-4-6-8-11/h2-3,5-10H,4H2,1H3,(H2,13,14)/b9-2-,15-10+. The zero-order valence-corrected chi connectivity index (χ0v) is 8.80. The van der Waals surface area contributed by atoms with Crippen LogP contribution in [0.1, 0.15) is 13.3 Å². The van der Waals surface area contributed by atoms with Gasteiger partial charge in [-0.25, -0.2) is 9.98 Å². The summed E-state index contributed by atoms with van der Waals surface area (Å²) >= 11 is 0. The molecule has 0 spiro atoms. The molecule has 1 rings (SSSR count). The zero-order chi connectivity index (χ0) is 10.9. The van der Waals surface area contributed by atoms with E-state index in [0.717, 1.165) is 12.0 Å². The predicted octanol–water partition coefficient (Wildman–Crippen LogP) is 2.35. The van der Waals surface area contributed by atoms with E-state index in [0.29, 0.717) is 0 Å². The van der Waals surface area contributed by atoms with Crippen molar-refractivity contribution in [3.05, 3.63) is 48.2 Å². The van der Waals surface area contributed by atoms with Crippen LogP contribution in [0.2, 0.25) is 0 Å². The van der Waals surface area contributed by atoms with Crippen LogP contribution in [0.5, 0.6) is 0 Å². The smallest absolute Gasteiger partial charge is 0.219 e. The van der Waals surface area contributed by atoms with Crippen molar-refractivity contribution >= 4 is 12.2 Å². The van der Waals surface area contributed by atoms with Crippen LogP contribution in [0.15, 0.2) is 58.2 Å². The fourth-order valence-electron chi connectivity index (χ4n) is 1.01. The van der Waals surface area contributed by atoms with Gasteiger partial charge in [-0.15, -0.1) is 0 Å². The summed E-state index contributed by atoms with van der Waals surface area (Å²) in [5, 5.41) is 0. The van der Waals surface area contributed by atoms with Crippen molar-refractivity contribution in [1.82, 2.24) is 0 Å². The van der Waals surface area contributed by atoms with Gasteiger partial charge in [0, 0.05) is 12.4 Å². The Bertz CT molecular complexity index is 368. The normalized spacial score (nSPS) is 17.4. The predicted molar refractivity (Wildman–Crippen MR) is 65.9 cm³/mol. The van der Waals surface area contributed by atoms with E-state index in [1.807, 2.05) is 25.2 Å². The first-order valence-electron chi connectivity index (χ1n) is 4.85. The van der Waals surface area contributed by atoms with E-state index >= 15 is 0 Å². The third-order valence-electron chi connectivity index (χ3n) is 1.71. The van der Waals surface area contributed by atoms with Gasteiger partial charge in [-0.2, -0.15) is 0 Å². The Kier molecular flexibility index (Phi) is 4.87. The molecule has 0 radical (unpaired) electrons. The van der Waals surface area contributed by atoms with Crippen molar-refractivity contribution in [3.63, 3.8) is 0 Å². The Hall–Kier alpha value is -1.90. The molecule has 0 atom stereocenters. The molecule has 0 fully saturated rings. The van der Waals surface area contributed by atoms with Gasteiger partial charge in [0.2, 0.25) is 5.96 Å². The van der Waals surface area contributed by atoms with Gasteiger partial charge in [-0.1, -0.05) is 36.5 Å². The molecule has 0 amide bonds. The van der Waals surface area contributed by atoms with Crippen LogP contribution in [-0.4, -0.2) is 12.2 Å². The first kappa shape index (κ1) is 11.2. The minimum Gasteiger partial charge on any atom is -0.368 e. The zero-order valence-electron chi connectivity index (χ0n) is 8.80. The van der Waals surface area contributed by atoms with Crippen molar-refractivity contribution in [2.24, 2.45) is 15.7 Å². The third kappa shape index (κ3) is 4.76. The van der Waals surface area contributed by atoms with Crippen molar-refractivity contribution < 1.29 is 0 Å². The highest BCUT2D eigenvalue weighted by molar-refractivity contribution is 5.94. The third-order valence-corrected chi connectivity index (χ3v) is 1.71. The number of aliphatic imine (C=N–C) groups is 2. The Balaban J connectivity index is 2.64. The Labute approximate surface area is 90.1 Å². The first-order chi connectivity index (χ1) is 7.33. The van der Waals surface area contributed by atoms with E-state index in [1.54, 1.807) is 18.5 Å². The van der Waals surface area contributed by atoms with Crippen LogP contribution in [0.4, 0.5) is 0 Å². The second-order valence-corrected chi connectivity index (χ2v) is 2.96. The minimum atomic E-state index is 0.260. The maximum absolute atomic E-state index is 5.55. The molecular formula is C12H15N3. The number of hydrogen-bond donors (Lipinski definition) is 1. The molecule has 0 saturated carbocycles. The molecule has 1 aliphatic carbocycles. The van der Waals surface area contributed by atoms with Crippen LogP contribution in [0.3, 0.4) is 0 Å². The lowest BCUT2D eigenvalue weighted by atomic mass is 10.2. The molecular weight excluding hydrogens is 186 g/mol. The second kappa shape index (κ2) is 6.54. The molecule has 78 valence electrons. The van der Waals surface area contributed by atoms with Gasteiger partial charge < -0.3 is 5.73 Å². The van der Waals surface area contributed by atoms with Gasteiger partial charge in [0.1, 0.15) is 0 Å². The molecule has 0 bridgehead atoms. The molecule has 0 unspecified atom stereocenters. The SMILES string of the molecule is C\C=C/N=C(N)\N=C\C1=CC=CCC=C1. The van der Waals surface area contributed by atoms with Crippen LogP contribution >= 0.6 is 0 Å². The second-order valence-electron chi connectivity index (χ2n) is 2.96. The first-order valence-corrected chi connectivity index (χ1v) is 4.85. The van der Waals surface area contributed by atoms with Crippen molar-refractivity contribution in [2.45, 2.75) is 13.3 Å². The minimum absolute atomic E-state index is 0.260. The summed E-state index contributed by atoms with van der Waals surface area (Å²) in [4.78, 5) is 7.92. The van der Waals surface area contributed by atoms with Gasteiger partial charge in [0.25, 0.3) is 0 Å². The summed E-state index contributed by atoms with van der Waals surface area (Å²) in [5.41, 5.74) is 6.56. The van der Waals surface area contributed by atoms with E-state index in [-0.39, 0.29) is 5.96 Å². The number of nitrogens with zero attached hydrogens (tertiary/aromatic N) is 2. The summed E-state index contributed by atoms with van der Waals surface area (Å²) in [6, 6.07) is 0. The molecule has 1 aliphatic rings. The lowest BCUT2D eigenvalue weighted by Crippen LogP contribution is -2.07. The number of allylic oxidation sites excluding steroid dienone is 7. The molecule has 0 aromatic carbocycles. The summed E-state index contributed by atoms with van der Waals surface area (Å²) in [7, 11) is 0. The van der Waals surface area contributed by atoms with Crippen molar-refractivity contribution in [2.75, 3.05) is 0 Å². The van der Waals surface area contributed by atoms with Gasteiger partial charge in [0.05, 0.1) is 0 Å². The molecule has 3 nitrogen and oxygen atoms in total. The van der Waals surface area contributed by atoms with Crippen LogP contribution in [0.25, 0.3) is 0 Å². The summed E-state index contributed by atoms with van der Waals surface area (Å²) < 4.78 is 0. The van der Waals surface area contributed by atoms with E-state index in [1.165, 1.54) is 0 Å². The van der Waals surface area contributed by atoms with Crippen molar-refractivity contribution in [1.29, 1.82) is 0 Å². The van der Waals surface area contributed by atoms with Gasteiger partial charge >= 0.3 is 0 Å². The van der Waals surface area contributed by atoms with E-state index < -0.39 is 0 Å². The maximum atomic E-state index is 5.55. The van der Waals surface area contributed by atoms with Crippen LogP contribution in [-0.2, 0) is 0 Å². The van der Waals surface area contributed by atoms with Crippen molar-refractivity contribution in [3.8, 4) is 0 Å². The number of hydrogen-bond acceptors (Lipinski definition) is 1. The topological polar surface area (TPSA) is 50.7 Å². The fourth-order valence-corrected chi connectivity index (χ4v) is 1.01. The Morgan fingerprint density at radius 2 is 2.33 bits per heavy atom. The van der Waals surface area contributed by atoms with Gasteiger partial charge in [-0.05, 0) is 18.9 Å². The molecule has 0 heterocycles. The molecule has 0 saturated heterocycles. The monoisotopic (exact) mass is 201 g/mol. The summed E-state index contributed by atoms with van der Waals surface area (Å²) in [5.74, 6) is 0.260. The molecule has 2 N–H and O–H groups in total. The molecule has 0 aliphatic heterocycles. The van der Waals surface area contributed by atoms with E-state index in [4.69, 9.17) is 5.73 Å². The van der Waals surface area contributed by atoms with E-state index in [2.05, 4.69) is 22.1 Å². The lowest BCUT2D eigenvalue weighted by molar-refractivity contribution is 1.40. The number of rotatable bonds is 2. The highest BCUT2D eigenvalue weighted by atomic mass is 15.0. The average Bonchev–Trinajstić information content (AvgIpc) is 2.51. The van der Waals surface area contributed by atoms with Crippen LogP contribution in [0, 0.1) is 0 Å². The highest BCUT2D eigenvalue weighted by Gasteiger charge is 1.89. The molecule has 3 heteroatoms. The largest absolute Gasteiger partial charge is 0.368 e. The van der Waals surface area contributed by atoms with E-state index in [9.17, 15) is 0 Å². The van der Waals surface area contributed by atoms with Crippen LogP contribution < -0.4 is 5.73 Å². The maximum Gasteiger partial charge on any atom is 0.219 e. The fraction of sp³-hybridized carbons (Fsp3) is 0.167. The quantitative estimate of drug-likeness (QED) is 0.541. The molecule has 0 aromatic rings. The number of nitrogens with two attached hydrogens (primary N) is 1. The molecule has 0 aromatic heterocycles. The van der Waals surface area contributed by atoms with Gasteiger partial charge in [0.15, 0.2) is 0 Å². The number of guanidine groups is 1. The molecule has 15 heavy (non-hydrogen) atoms. The average molecular weight is 201 g/mol. The summed E-state index contributed by atoms with van der Waals surface area (Å²) in [6.07, 6.45) is 16.2.